The molecule has 1 saturated carbocycles. The van der Waals surface area contributed by atoms with Crippen LogP contribution in [0.4, 0.5) is 0 Å². The summed E-state index contributed by atoms with van der Waals surface area (Å²) in [5.74, 6) is 2.87. The van der Waals surface area contributed by atoms with Gasteiger partial charge >= 0.3 is 0 Å². The maximum atomic E-state index is 5.53. The summed E-state index contributed by atoms with van der Waals surface area (Å²) in [5, 5.41) is 0. The molecule has 1 heterocycles. The Morgan fingerprint density at radius 1 is 0.906 bits per heavy atom. The molecule has 0 spiro atoms. The van der Waals surface area contributed by atoms with Crippen LogP contribution in [0.25, 0.3) is 0 Å². The molecule has 2 N–H and O–H groups in total. The summed E-state index contributed by atoms with van der Waals surface area (Å²) in [5.41, 5.74) is 8.96. The van der Waals surface area contributed by atoms with Gasteiger partial charge in [0.15, 0.2) is 0 Å². The van der Waals surface area contributed by atoms with Crippen LogP contribution in [0.1, 0.15) is 57.8 Å². The Kier molecular flexibility index (Phi) is 8.73. The van der Waals surface area contributed by atoms with E-state index >= 15 is 0 Å². The van der Waals surface area contributed by atoms with Gasteiger partial charge in [0.1, 0.15) is 0 Å². The number of nitrogens with two attached hydrogens (primary N) is 1. The van der Waals surface area contributed by atoms with Crippen molar-refractivity contribution in [1.29, 1.82) is 0 Å². The molecule has 2 heteroatoms. The lowest BCUT2D eigenvalue weighted by atomic mass is 9.66. The second-order valence-electron chi connectivity index (χ2n) is 9.73. The largest absolute Gasteiger partial charge is 0.327 e. The summed E-state index contributed by atoms with van der Waals surface area (Å²) in [6.07, 6.45) is 40.7. The number of hydrogen-bond donors (Lipinski definition) is 1. The van der Waals surface area contributed by atoms with E-state index in [9.17, 15) is 0 Å². The van der Waals surface area contributed by atoms with E-state index in [0.29, 0.717) is 18.5 Å². The normalized spacial score (nSPS) is 33.0. The van der Waals surface area contributed by atoms with E-state index in [1.807, 2.05) is 6.08 Å². The Balaban J connectivity index is 1.33. The lowest BCUT2D eigenvalue weighted by molar-refractivity contribution is 0.310. The van der Waals surface area contributed by atoms with Gasteiger partial charge in [0.2, 0.25) is 0 Å². The van der Waals surface area contributed by atoms with E-state index in [4.69, 9.17) is 5.73 Å². The van der Waals surface area contributed by atoms with Gasteiger partial charge in [-0.3, -0.25) is 4.99 Å². The van der Waals surface area contributed by atoms with E-state index in [1.165, 1.54) is 51.4 Å². The van der Waals surface area contributed by atoms with Crippen molar-refractivity contribution >= 4 is 6.21 Å². The molecule has 0 radical (unpaired) electrons. The first-order valence-corrected chi connectivity index (χ1v) is 12.8. The molecule has 3 atom stereocenters. The predicted molar refractivity (Wildman–Crippen MR) is 139 cm³/mol. The first-order chi connectivity index (χ1) is 15.8. The number of nitrogens with zero attached hydrogens (tertiary/aromatic N) is 1. The third kappa shape index (κ3) is 6.19. The average Bonchev–Trinajstić information content (AvgIpc) is 3.36. The molecule has 1 fully saturated rings. The highest BCUT2D eigenvalue weighted by atomic mass is 14.8. The minimum absolute atomic E-state index is 0.408. The fourth-order valence-electron chi connectivity index (χ4n) is 5.90. The van der Waals surface area contributed by atoms with Gasteiger partial charge in [0, 0.05) is 12.5 Å². The summed E-state index contributed by atoms with van der Waals surface area (Å²) < 4.78 is 0. The molecule has 0 aromatic heterocycles. The highest BCUT2D eigenvalue weighted by molar-refractivity contribution is 5.60. The molecule has 32 heavy (non-hydrogen) atoms. The Hall–Kier alpha value is -2.19. The minimum atomic E-state index is 0.408. The minimum Gasteiger partial charge on any atom is -0.327 e. The maximum Gasteiger partial charge on any atom is 0.0682 e. The van der Waals surface area contributed by atoms with Crippen LogP contribution in [-0.4, -0.2) is 18.8 Å². The van der Waals surface area contributed by atoms with Gasteiger partial charge in [-0.15, -0.1) is 0 Å². The van der Waals surface area contributed by atoms with Gasteiger partial charge in [0.05, 0.1) is 6.04 Å². The van der Waals surface area contributed by atoms with Crippen molar-refractivity contribution in [3.05, 3.63) is 84.1 Å². The van der Waals surface area contributed by atoms with Crippen LogP contribution in [0.3, 0.4) is 0 Å². The van der Waals surface area contributed by atoms with Gasteiger partial charge in [-0.2, -0.15) is 0 Å². The van der Waals surface area contributed by atoms with Crippen LogP contribution in [0, 0.1) is 23.7 Å². The molecule has 0 saturated heterocycles. The molecule has 2 nitrogen and oxygen atoms in total. The molecular formula is C30H40N2. The van der Waals surface area contributed by atoms with E-state index in [2.05, 4.69) is 78.0 Å². The van der Waals surface area contributed by atoms with E-state index < -0.39 is 0 Å². The SMILES string of the molecule is NC/C=C\C=C\C1CCC(C2=C3C=CC=CC3C(C/C=C\C=C\C3CCC=N3)CC2)CC1. The van der Waals surface area contributed by atoms with Crippen molar-refractivity contribution in [3.8, 4) is 0 Å². The fourth-order valence-corrected chi connectivity index (χ4v) is 5.90. The zero-order chi connectivity index (χ0) is 22.0. The first-order valence-electron chi connectivity index (χ1n) is 12.8. The van der Waals surface area contributed by atoms with Gasteiger partial charge in [-0.25, -0.2) is 0 Å². The van der Waals surface area contributed by atoms with Crippen LogP contribution in [0.15, 0.2) is 89.1 Å². The van der Waals surface area contributed by atoms with Crippen molar-refractivity contribution < 1.29 is 0 Å². The van der Waals surface area contributed by atoms with Crippen LogP contribution in [0.5, 0.6) is 0 Å². The summed E-state index contributed by atoms with van der Waals surface area (Å²) >= 11 is 0. The maximum absolute atomic E-state index is 5.53. The van der Waals surface area contributed by atoms with Gasteiger partial charge < -0.3 is 5.73 Å². The van der Waals surface area contributed by atoms with E-state index in [1.54, 1.807) is 11.1 Å². The average molecular weight is 429 g/mol. The van der Waals surface area contributed by atoms with Crippen molar-refractivity contribution in [3.63, 3.8) is 0 Å². The summed E-state index contributed by atoms with van der Waals surface area (Å²) in [6.45, 7) is 0.625. The van der Waals surface area contributed by atoms with Crippen LogP contribution in [0.2, 0.25) is 0 Å². The molecule has 3 unspecified atom stereocenters. The molecule has 3 aliphatic carbocycles. The van der Waals surface area contributed by atoms with Crippen molar-refractivity contribution in [2.75, 3.05) is 6.54 Å². The molecule has 0 bridgehead atoms. The van der Waals surface area contributed by atoms with E-state index in [0.717, 1.165) is 24.2 Å². The van der Waals surface area contributed by atoms with E-state index in [-0.39, 0.29) is 0 Å². The number of rotatable bonds is 8. The number of fused-ring (bicyclic) bond motifs is 1. The Morgan fingerprint density at radius 3 is 2.56 bits per heavy atom. The van der Waals surface area contributed by atoms with Crippen molar-refractivity contribution in [2.24, 2.45) is 34.4 Å². The van der Waals surface area contributed by atoms with Gasteiger partial charge in [0.25, 0.3) is 0 Å². The molecule has 0 amide bonds. The zero-order valence-corrected chi connectivity index (χ0v) is 19.5. The van der Waals surface area contributed by atoms with Crippen LogP contribution >= 0.6 is 0 Å². The number of aliphatic imine (C=N–C) groups is 1. The van der Waals surface area contributed by atoms with Crippen LogP contribution < -0.4 is 5.73 Å². The molecule has 4 rings (SSSR count). The molecule has 4 aliphatic rings. The summed E-state index contributed by atoms with van der Waals surface area (Å²) in [6, 6.07) is 0.408. The monoisotopic (exact) mass is 428 g/mol. The van der Waals surface area contributed by atoms with Gasteiger partial charge in [-0.1, -0.05) is 78.5 Å². The molecule has 170 valence electrons. The number of hydrogen-bond acceptors (Lipinski definition) is 2. The van der Waals surface area contributed by atoms with Gasteiger partial charge in [-0.05, 0) is 87.3 Å². The third-order valence-electron chi connectivity index (χ3n) is 7.67. The fraction of sp³-hybridized carbons (Fsp3) is 0.500. The zero-order valence-electron chi connectivity index (χ0n) is 19.5. The predicted octanol–water partition coefficient (Wildman–Crippen LogP) is 7.05. The van der Waals surface area contributed by atoms with Crippen molar-refractivity contribution in [2.45, 2.75) is 63.8 Å². The third-order valence-corrected chi connectivity index (χ3v) is 7.67. The Morgan fingerprint density at radius 2 is 1.75 bits per heavy atom. The summed E-state index contributed by atoms with van der Waals surface area (Å²) in [4.78, 5) is 4.48. The second-order valence-corrected chi connectivity index (χ2v) is 9.73. The molecule has 0 aromatic carbocycles. The lowest BCUT2D eigenvalue weighted by Gasteiger charge is -2.38. The summed E-state index contributed by atoms with van der Waals surface area (Å²) in [7, 11) is 0. The second kappa shape index (κ2) is 12.2. The topological polar surface area (TPSA) is 38.4 Å². The smallest absolute Gasteiger partial charge is 0.0682 e. The molecule has 0 aromatic rings. The standard InChI is InChI=1S/C30H40N2/c31-22-8-2-3-10-24-16-18-26(19-17-24)29-21-20-25(28-14-6-7-15-30(28)29)11-4-1-5-12-27-13-9-23-32-27/h1-8,10,12,14-15,23-28H,9,11,13,16-22,31H2/b4-1-,8-2-,10-3+,12-5+. The lowest BCUT2D eigenvalue weighted by Crippen LogP contribution is -2.26. The molecular weight excluding hydrogens is 388 g/mol. The Bertz CT molecular complexity index is 840. The quantitative estimate of drug-likeness (QED) is 0.413. The highest BCUT2D eigenvalue weighted by Gasteiger charge is 2.33. The number of allylic oxidation sites excluding steroid dienone is 12. The Labute approximate surface area is 195 Å². The highest BCUT2D eigenvalue weighted by Crippen LogP contribution is 2.46. The van der Waals surface area contributed by atoms with Crippen molar-refractivity contribution in [1.82, 2.24) is 0 Å². The molecule has 1 aliphatic heterocycles. The van der Waals surface area contributed by atoms with Crippen LogP contribution in [-0.2, 0) is 0 Å². The first kappa shape index (κ1) is 23.0.